The number of carbonyl (C=O) groups excluding carboxylic acids is 1. The van der Waals surface area contributed by atoms with E-state index < -0.39 is 0 Å². The van der Waals surface area contributed by atoms with Crippen molar-refractivity contribution in [1.29, 1.82) is 0 Å². The van der Waals surface area contributed by atoms with Gasteiger partial charge < -0.3 is 9.47 Å². The monoisotopic (exact) mass is 398 g/mol. The number of carbonyl (C=O) groups is 1. The van der Waals surface area contributed by atoms with Crippen LogP contribution in [0.3, 0.4) is 0 Å². The highest BCUT2D eigenvalue weighted by atomic mass is 16.5. The second-order valence-electron chi connectivity index (χ2n) is 6.67. The van der Waals surface area contributed by atoms with Gasteiger partial charge in [0.05, 0.1) is 19.4 Å². The van der Waals surface area contributed by atoms with Crippen LogP contribution in [0.2, 0.25) is 0 Å². The van der Waals surface area contributed by atoms with Gasteiger partial charge in [0.1, 0.15) is 23.0 Å². The van der Waals surface area contributed by atoms with Crippen LogP contribution in [0.25, 0.3) is 6.08 Å². The van der Waals surface area contributed by atoms with Crippen LogP contribution in [0.15, 0.2) is 89.6 Å². The number of hydrogen-bond donors (Lipinski definition) is 0. The maximum Gasteiger partial charge on any atom is 0.282 e. The third-order valence-corrected chi connectivity index (χ3v) is 4.72. The summed E-state index contributed by atoms with van der Waals surface area (Å²) in [5.41, 5.74) is 2.87. The summed E-state index contributed by atoms with van der Waals surface area (Å²) in [6.07, 6.45) is 1.79. The fraction of sp³-hybridized carbons (Fsp3) is 0.120. The minimum atomic E-state index is -0.172. The molecule has 1 heterocycles. The summed E-state index contributed by atoms with van der Waals surface area (Å²) in [5, 5.41) is 0. The molecule has 0 unspecified atom stereocenters. The summed E-state index contributed by atoms with van der Waals surface area (Å²) in [6, 6.07) is 24.7. The van der Waals surface area contributed by atoms with Crippen molar-refractivity contribution in [3.63, 3.8) is 0 Å². The summed E-state index contributed by atoms with van der Waals surface area (Å²) in [7, 11) is 1.62. The van der Waals surface area contributed by atoms with Crippen LogP contribution in [0.5, 0.6) is 11.5 Å². The average Bonchev–Trinajstić information content (AvgIpc) is 3.12. The number of rotatable bonds is 6. The summed E-state index contributed by atoms with van der Waals surface area (Å²) in [4.78, 5) is 19.6. The Bertz CT molecular complexity index is 1090. The molecule has 3 aromatic carbocycles. The maximum atomic E-state index is 13.3. The van der Waals surface area contributed by atoms with Gasteiger partial charge in [-0.25, -0.2) is 4.99 Å². The Hall–Kier alpha value is -3.86. The molecule has 4 rings (SSSR count). The van der Waals surface area contributed by atoms with Gasteiger partial charge in [0.2, 0.25) is 0 Å². The Morgan fingerprint density at radius 2 is 1.57 bits per heavy atom. The number of methoxy groups -OCH3 is 1. The van der Waals surface area contributed by atoms with Crippen molar-refractivity contribution >= 4 is 23.5 Å². The minimum Gasteiger partial charge on any atom is -0.497 e. The Morgan fingerprint density at radius 3 is 2.20 bits per heavy atom. The van der Waals surface area contributed by atoms with Gasteiger partial charge >= 0.3 is 0 Å². The van der Waals surface area contributed by atoms with E-state index in [1.165, 1.54) is 0 Å². The molecular formula is C25H22N2O3. The molecule has 5 heteroatoms. The first-order valence-corrected chi connectivity index (χ1v) is 9.77. The molecule has 1 aliphatic heterocycles. The molecule has 0 saturated heterocycles. The van der Waals surface area contributed by atoms with Crippen molar-refractivity contribution in [3.05, 3.63) is 95.7 Å². The zero-order valence-corrected chi connectivity index (χ0v) is 16.9. The van der Waals surface area contributed by atoms with E-state index in [9.17, 15) is 4.79 Å². The lowest BCUT2D eigenvalue weighted by Gasteiger charge is -2.19. The number of anilines is 1. The highest BCUT2D eigenvalue weighted by molar-refractivity contribution is 6.33. The van der Waals surface area contributed by atoms with Gasteiger partial charge in [0.15, 0.2) is 0 Å². The van der Waals surface area contributed by atoms with E-state index in [0.717, 1.165) is 28.3 Å². The van der Waals surface area contributed by atoms with Gasteiger partial charge in [-0.05, 0) is 55.0 Å². The topological polar surface area (TPSA) is 51.1 Å². The molecule has 0 atom stereocenters. The number of ether oxygens (including phenoxy) is 2. The minimum absolute atomic E-state index is 0.172. The Kier molecular flexibility index (Phi) is 5.61. The SMILES string of the molecule is CCOc1ccc(N2C(=O)/C(=C\c3ccc(OC)cc3)N=C2c2ccccc2)cc1. The van der Waals surface area contributed by atoms with Crippen molar-refractivity contribution in [2.75, 3.05) is 18.6 Å². The second-order valence-corrected chi connectivity index (χ2v) is 6.67. The quantitative estimate of drug-likeness (QED) is 0.553. The average molecular weight is 398 g/mol. The molecular weight excluding hydrogens is 376 g/mol. The number of hydrogen-bond acceptors (Lipinski definition) is 4. The summed E-state index contributed by atoms with van der Waals surface area (Å²) >= 11 is 0. The van der Waals surface area contributed by atoms with Gasteiger partial charge in [-0.3, -0.25) is 9.69 Å². The van der Waals surface area contributed by atoms with E-state index >= 15 is 0 Å². The number of nitrogens with zero attached hydrogens (tertiary/aromatic N) is 2. The van der Waals surface area contributed by atoms with Gasteiger partial charge in [-0.15, -0.1) is 0 Å². The molecule has 150 valence electrons. The van der Waals surface area contributed by atoms with Gasteiger partial charge in [-0.2, -0.15) is 0 Å². The van der Waals surface area contributed by atoms with Crippen molar-refractivity contribution in [2.24, 2.45) is 4.99 Å². The van der Waals surface area contributed by atoms with Crippen molar-refractivity contribution in [2.45, 2.75) is 6.92 Å². The molecule has 0 saturated carbocycles. The molecule has 1 aliphatic rings. The fourth-order valence-corrected chi connectivity index (χ4v) is 3.25. The van der Waals surface area contributed by atoms with Crippen LogP contribution in [0, 0.1) is 0 Å². The Balaban J connectivity index is 1.74. The molecule has 3 aromatic rings. The molecule has 0 N–H and O–H groups in total. The lowest BCUT2D eigenvalue weighted by Crippen LogP contribution is -2.32. The van der Waals surface area contributed by atoms with Crippen LogP contribution >= 0.6 is 0 Å². The van der Waals surface area contributed by atoms with Crippen molar-refractivity contribution in [3.8, 4) is 11.5 Å². The van der Waals surface area contributed by atoms with Crippen LogP contribution in [-0.2, 0) is 4.79 Å². The lowest BCUT2D eigenvalue weighted by atomic mass is 10.1. The molecule has 5 nitrogen and oxygen atoms in total. The highest BCUT2D eigenvalue weighted by Crippen LogP contribution is 2.29. The standard InChI is InChI=1S/C25H22N2O3/c1-3-30-22-15-11-20(12-16-22)27-24(19-7-5-4-6-8-19)26-23(25(27)28)17-18-9-13-21(29-2)14-10-18/h4-17H,3H2,1-2H3/b23-17+. The van der Waals surface area contributed by atoms with Crippen LogP contribution in [-0.4, -0.2) is 25.5 Å². The molecule has 30 heavy (non-hydrogen) atoms. The predicted molar refractivity (Wildman–Crippen MR) is 119 cm³/mol. The maximum absolute atomic E-state index is 13.3. The van der Waals surface area contributed by atoms with Gasteiger partial charge in [-0.1, -0.05) is 42.5 Å². The van der Waals surface area contributed by atoms with E-state index in [1.54, 1.807) is 18.1 Å². The van der Waals surface area contributed by atoms with E-state index in [4.69, 9.17) is 9.47 Å². The molecule has 1 amide bonds. The molecule has 0 fully saturated rings. The third-order valence-electron chi connectivity index (χ3n) is 4.72. The first-order valence-electron chi connectivity index (χ1n) is 9.77. The lowest BCUT2D eigenvalue weighted by molar-refractivity contribution is -0.113. The smallest absolute Gasteiger partial charge is 0.282 e. The molecule has 0 spiro atoms. The summed E-state index contributed by atoms with van der Waals surface area (Å²) < 4.78 is 10.7. The van der Waals surface area contributed by atoms with E-state index in [-0.39, 0.29) is 5.91 Å². The zero-order chi connectivity index (χ0) is 20.9. The first-order chi connectivity index (χ1) is 14.7. The summed E-state index contributed by atoms with van der Waals surface area (Å²) in [6.45, 7) is 2.53. The van der Waals surface area contributed by atoms with Crippen LogP contribution in [0.1, 0.15) is 18.1 Å². The normalized spacial score (nSPS) is 14.7. The first kappa shape index (κ1) is 19.5. The number of amides is 1. The third kappa shape index (κ3) is 3.96. The molecule has 0 aliphatic carbocycles. The molecule has 0 bridgehead atoms. The summed E-state index contributed by atoms with van der Waals surface area (Å²) in [5.74, 6) is 1.96. The van der Waals surface area contributed by atoms with E-state index in [1.807, 2.05) is 85.8 Å². The second kappa shape index (κ2) is 8.66. The van der Waals surface area contributed by atoms with Crippen molar-refractivity contribution < 1.29 is 14.3 Å². The van der Waals surface area contributed by atoms with Gasteiger partial charge in [0.25, 0.3) is 5.91 Å². The molecule has 0 aromatic heterocycles. The number of benzene rings is 3. The predicted octanol–water partition coefficient (Wildman–Crippen LogP) is 4.93. The van der Waals surface area contributed by atoms with E-state index in [2.05, 4.69) is 4.99 Å². The fourth-order valence-electron chi connectivity index (χ4n) is 3.25. The largest absolute Gasteiger partial charge is 0.497 e. The highest BCUT2D eigenvalue weighted by Gasteiger charge is 2.32. The van der Waals surface area contributed by atoms with Gasteiger partial charge in [0, 0.05) is 5.56 Å². The Labute approximate surface area is 175 Å². The van der Waals surface area contributed by atoms with E-state index in [0.29, 0.717) is 18.1 Å². The van der Waals surface area contributed by atoms with Crippen LogP contribution in [0.4, 0.5) is 5.69 Å². The zero-order valence-electron chi connectivity index (χ0n) is 16.9. The molecule has 0 radical (unpaired) electrons. The van der Waals surface area contributed by atoms with Crippen LogP contribution < -0.4 is 14.4 Å². The Morgan fingerprint density at radius 1 is 0.900 bits per heavy atom. The number of aliphatic imine (C=N–C) groups is 1. The number of amidine groups is 1. The van der Waals surface area contributed by atoms with Crippen molar-refractivity contribution in [1.82, 2.24) is 0 Å².